The first-order valence-corrected chi connectivity index (χ1v) is 4.90. The molecular weight excluding hydrogens is 152 g/mol. The van der Waals surface area contributed by atoms with Crippen LogP contribution in [0.1, 0.15) is 26.7 Å². The molecule has 3 atom stereocenters. The van der Waals surface area contributed by atoms with Crippen molar-refractivity contribution < 1.29 is 9.84 Å². The van der Waals surface area contributed by atoms with Crippen LogP contribution >= 0.6 is 0 Å². The van der Waals surface area contributed by atoms with Crippen LogP contribution in [0.25, 0.3) is 0 Å². The summed E-state index contributed by atoms with van der Waals surface area (Å²) in [6, 6.07) is 0. The van der Waals surface area contributed by atoms with Crippen LogP contribution in [0.15, 0.2) is 0 Å². The molecule has 1 N–H and O–H groups in total. The summed E-state index contributed by atoms with van der Waals surface area (Å²) >= 11 is 0. The van der Waals surface area contributed by atoms with Crippen molar-refractivity contribution in [1.29, 1.82) is 0 Å². The zero-order chi connectivity index (χ0) is 8.77. The molecule has 2 heteroatoms. The van der Waals surface area contributed by atoms with Crippen molar-refractivity contribution in [2.24, 2.45) is 17.8 Å². The van der Waals surface area contributed by atoms with E-state index >= 15 is 0 Å². The van der Waals surface area contributed by atoms with E-state index in [-0.39, 0.29) is 5.60 Å². The Balaban J connectivity index is 2.11. The molecule has 0 aromatic rings. The van der Waals surface area contributed by atoms with Crippen LogP contribution in [0.5, 0.6) is 0 Å². The largest absolute Gasteiger partial charge is 0.396 e. The highest BCUT2D eigenvalue weighted by atomic mass is 16.5. The van der Waals surface area contributed by atoms with Crippen LogP contribution in [-0.2, 0) is 4.74 Å². The van der Waals surface area contributed by atoms with Crippen LogP contribution in [0.2, 0.25) is 0 Å². The highest BCUT2D eigenvalue weighted by molar-refractivity contribution is 4.97. The molecule has 0 aromatic carbocycles. The smallest absolute Gasteiger partial charge is 0.0658 e. The van der Waals surface area contributed by atoms with Gasteiger partial charge in [-0.1, -0.05) is 0 Å². The highest BCUT2D eigenvalue weighted by Crippen LogP contribution is 2.49. The van der Waals surface area contributed by atoms with Gasteiger partial charge in [0.1, 0.15) is 0 Å². The fourth-order valence-corrected chi connectivity index (χ4v) is 2.91. The van der Waals surface area contributed by atoms with Crippen LogP contribution in [-0.4, -0.2) is 23.9 Å². The summed E-state index contributed by atoms with van der Waals surface area (Å²) in [6.07, 6.45) is 2.43. The zero-order valence-electron chi connectivity index (χ0n) is 7.92. The summed E-state index contributed by atoms with van der Waals surface area (Å²) in [6.45, 7) is 5.57. The maximum atomic E-state index is 9.13. The molecular formula is C10H18O2. The Bertz CT molecular complexity index is 177. The second kappa shape index (κ2) is 2.71. The normalized spacial score (nSPS) is 44.8. The van der Waals surface area contributed by atoms with E-state index in [2.05, 4.69) is 13.8 Å². The molecule has 70 valence electrons. The van der Waals surface area contributed by atoms with Crippen molar-refractivity contribution in [3.8, 4) is 0 Å². The van der Waals surface area contributed by atoms with E-state index in [1.165, 1.54) is 12.8 Å². The second-order valence-corrected chi connectivity index (χ2v) is 4.70. The predicted molar refractivity (Wildman–Crippen MR) is 46.8 cm³/mol. The minimum atomic E-state index is 0.0641. The van der Waals surface area contributed by atoms with E-state index in [4.69, 9.17) is 9.84 Å². The predicted octanol–water partition coefficient (Wildman–Crippen LogP) is 1.43. The van der Waals surface area contributed by atoms with Gasteiger partial charge in [-0.2, -0.15) is 0 Å². The number of hydrogen-bond acceptors (Lipinski definition) is 2. The Morgan fingerprint density at radius 1 is 1.42 bits per heavy atom. The van der Waals surface area contributed by atoms with Crippen molar-refractivity contribution in [2.75, 3.05) is 13.2 Å². The van der Waals surface area contributed by atoms with Crippen molar-refractivity contribution in [2.45, 2.75) is 32.3 Å². The van der Waals surface area contributed by atoms with Gasteiger partial charge >= 0.3 is 0 Å². The first-order chi connectivity index (χ1) is 5.65. The molecule has 2 nitrogen and oxygen atoms in total. The van der Waals surface area contributed by atoms with E-state index in [9.17, 15) is 0 Å². The van der Waals surface area contributed by atoms with Crippen molar-refractivity contribution in [3.63, 3.8) is 0 Å². The summed E-state index contributed by atoms with van der Waals surface area (Å²) in [5.41, 5.74) is 0.0641. The van der Waals surface area contributed by atoms with E-state index in [0.717, 1.165) is 6.61 Å². The molecule has 0 bridgehead atoms. The molecule has 0 unspecified atom stereocenters. The molecule has 1 saturated heterocycles. The van der Waals surface area contributed by atoms with E-state index in [1.54, 1.807) is 0 Å². The van der Waals surface area contributed by atoms with Gasteiger partial charge in [-0.3, -0.25) is 0 Å². The topological polar surface area (TPSA) is 29.5 Å². The molecule has 2 fully saturated rings. The lowest BCUT2D eigenvalue weighted by Crippen LogP contribution is -2.28. The third-order valence-corrected chi connectivity index (χ3v) is 3.75. The molecule has 2 aliphatic rings. The van der Waals surface area contributed by atoms with Crippen LogP contribution in [0.4, 0.5) is 0 Å². The van der Waals surface area contributed by atoms with Gasteiger partial charge in [0, 0.05) is 6.61 Å². The number of aliphatic hydroxyl groups is 1. The van der Waals surface area contributed by atoms with Crippen LogP contribution in [0.3, 0.4) is 0 Å². The van der Waals surface area contributed by atoms with Gasteiger partial charge in [-0.15, -0.1) is 0 Å². The number of rotatable bonds is 1. The Hall–Kier alpha value is -0.0800. The minimum absolute atomic E-state index is 0.0641. The second-order valence-electron chi connectivity index (χ2n) is 4.70. The Morgan fingerprint density at radius 3 is 2.83 bits per heavy atom. The summed E-state index contributed by atoms with van der Waals surface area (Å²) in [5.74, 6) is 1.83. The molecule has 0 radical (unpaired) electrons. The van der Waals surface area contributed by atoms with Gasteiger partial charge in [-0.05, 0) is 44.4 Å². The number of ether oxygens (including phenoxy) is 1. The maximum absolute atomic E-state index is 9.13. The number of aliphatic hydroxyl groups excluding tert-OH is 1. The first-order valence-electron chi connectivity index (χ1n) is 4.90. The van der Waals surface area contributed by atoms with Gasteiger partial charge in [-0.25, -0.2) is 0 Å². The van der Waals surface area contributed by atoms with Gasteiger partial charge in [0.2, 0.25) is 0 Å². The molecule has 12 heavy (non-hydrogen) atoms. The Morgan fingerprint density at radius 2 is 2.17 bits per heavy atom. The minimum Gasteiger partial charge on any atom is -0.396 e. The molecule has 0 spiro atoms. The van der Waals surface area contributed by atoms with E-state index in [0.29, 0.717) is 24.4 Å². The number of hydrogen-bond donors (Lipinski definition) is 1. The third-order valence-electron chi connectivity index (χ3n) is 3.75. The van der Waals surface area contributed by atoms with Gasteiger partial charge < -0.3 is 9.84 Å². The van der Waals surface area contributed by atoms with Gasteiger partial charge in [0.15, 0.2) is 0 Å². The highest BCUT2D eigenvalue weighted by Gasteiger charge is 2.49. The SMILES string of the molecule is CC1(C)OC[C@H]2[C@@H](CO)CC[C@H]21. The summed E-state index contributed by atoms with van der Waals surface area (Å²) in [5, 5.41) is 9.13. The monoisotopic (exact) mass is 170 g/mol. The molecule has 0 aromatic heterocycles. The first kappa shape index (κ1) is 8.52. The van der Waals surface area contributed by atoms with E-state index in [1.807, 2.05) is 0 Å². The maximum Gasteiger partial charge on any atom is 0.0658 e. The Labute approximate surface area is 73.9 Å². The lowest BCUT2D eigenvalue weighted by atomic mass is 9.83. The standard InChI is InChI=1S/C10H18O2/c1-10(2)9-4-3-7(5-11)8(9)6-12-10/h7-9,11H,3-6H2,1-2H3/t7-,8+,9-/m1/s1. The Kier molecular flexibility index (Phi) is 1.92. The fraction of sp³-hybridized carbons (Fsp3) is 1.00. The van der Waals surface area contributed by atoms with Crippen LogP contribution < -0.4 is 0 Å². The number of fused-ring (bicyclic) bond motifs is 1. The fourth-order valence-electron chi connectivity index (χ4n) is 2.91. The molecule has 1 aliphatic carbocycles. The molecule has 2 rings (SSSR count). The molecule has 0 amide bonds. The average Bonchev–Trinajstić information content (AvgIpc) is 2.53. The van der Waals surface area contributed by atoms with Gasteiger partial charge in [0.25, 0.3) is 0 Å². The lowest BCUT2D eigenvalue weighted by Gasteiger charge is -2.24. The molecule has 1 heterocycles. The molecule has 1 aliphatic heterocycles. The summed E-state index contributed by atoms with van der Waals surface area (Å²) < 4.78 is 5.73. The summed E-state index contributed by atoms with van der Waals surface area (Å²) in [4.78, 5) is 0. The third kappa shape index (κ3) is 1.09. The van der Waals surface area contributed by atoms with Gasteiger partial charge in [0.05, 0.1) is 12.2 Å². The van der Waals surface area contributed by atoms with E-state index < -0.39 is 0 Å². The molecule has 1 saturated carbocycles. The van der Waals surface area contributed by atoms with Crippen molar-refractivity contribution >= 4 is 0 Å². The average molecular weight is 170 g/mol. The van der Waals surface area contributed by atoms with Crippen molar-refractivity contribution in [1.82, 2.24) is 0 Å². The van der Waals surface area contributed by atoms with Crippen molar-refractivity contribution in [3.05, 3.63) is 0 Å². The lowest BCUT2D eigenvalue weighted by molar-refractivity contribution is 0.00686. The zero-order valence-corrected chi connectivity index (χ0v) is 7.92. The quantitative estimate of drug-likeness (QED) is 0.645. The van der Waals surface area contributed by atoms with Crippen LogP contribution in [0, 0.1) is 17.8 Å². The summed E-state index contributed by atoms with van der Waals surface area (Å²) in [7, 11) is 0.